The first kappa shape index (κ1) is 12.1. The molecule has 0 aromatic heterocycles. The molecule has 0 aliphatic rings. The van der Waals surface area contributed by atoms with Gasteiger partial charge in [0.05, 0.1) is 18.0 Å². The normalized spacial score (nSPS) is 12.1. The first-order chi connectivity index (χ1) is 8.35. The Morgan fingerprint density at radius 3 is 2.00 bits per heavy atom. The zero-order valence-electron chi connectivity index (χ0n) is 10.2. The van der Waals surface area contributed by atoms with Gasteiger partial charge in [0.2, 0.25) is 0 Å². The van der Waals surface area contributed by atoms with Crippen LogP contribution in [0.1, 0.15) is 6.92 Å². The fourth-order valence-corrected chi connectivity index (χ4v) is 3.68. The summed E-state index contributed by atoms with van der Waals surface area (Å²) in [6.07, 6.45) is 0. The Labute approximate surface area is 106 Å². The van der Waals surface area contributed by atoms with Crippen LogP contribution in [0.2, 0.25) is 0 Å². The molecule has 0 aliphatic carbocycles. The van der Waals surface area contributed by atoms with Gasteiger partial charge in [-0.3, -0.25) is 0 Å². The van der Waals surface area contributed by atoms with Gasteiger partial charge in [-0.1, -0.05) is 18.2 Å². The van der Waals surface area contributed by atoms with Crippen LogP contribution in [-0.4, -0.2) is 12.9 Å². The van der Waals surface area contributed by atoms with E-state index >= 15 is 0 Å². The lowest BCUT2D eigenvalue weighted by atomic mass is 10.3. The van der Waals surface area contributed by atoms with Crippen LogP contribution < -0.4 is 4.74 Å². The molecule has 1 atom stereocenters. The van der Waals surface area contributed by atoms with Crippen LogP contribution in [0.25, 0.3) is 0 Å². The van der Waals surface area contributed by atoms with E-state index in [2.05, 4.69) is 49.4 Å². The minimum atomic E-state index is 0.176. The van der Waals surface area contributed by atoms with Crippen molar-refractivity contribution in [2.75, 3.05) is 12.9 Å². The van der Waals surface area contributed by atoms with E-state index in [1.54, 1.807) is 7.11 Å². The maximum atomic E-state index is 5.19. The van der Waals surface area contributed by atoms with Gasteiger partial charge < -0.3 is 4.74 Å². The fourth-order valence-electron chi connectivity index (χ4n) is 1.79. The Morgan fingerprint density at radius 2 is 1.47 bits per heavy atom. The van der Waals surface area contributed by atoms with Gasteiger partial charge in [-0.25, -0.2) is 0 Å². The molecule has 0 saturated heterocycles. The number of methoxy groups -OCH3 is 1. The van der Waals surface area contributed by atoms with Crippen LogP contribution in [0.15, 0.2) is 64.4 Å². The third-order valence-electron chi connectivity index (χ3n) is 2.66. The molecule has 0 spiro atoms. The molecular weight excluding hydrogens is 228 g/mol. The lowest BCUT2D eigenvalue weighted by Gasteiger charge is -2.06. The summed E-state index contributed by atoms with van der Waals surface area (Å²) in [4.78, 5) is 2.78. The standard InChI is InChI=1S/C15H17OS/c1-3-17(14-7-5-4-6-8-14)15-11-9-13(16-2)10-12-15/h4-12H,3H2,1-2H3/q+1. The summed E-state index contributed by atoms with van der Waals surface area (Å²) in [6, 6.07) is 19.1. The lowest BCUT2D eigenvalue weighted by molar-refractivity contribution is 0.414. The number of ether oxygens (including phenoxy) is 1. The molecule has 0 N–H and O–H groups in total. The zero-order chi connectivity index (χ0) is 12.1. The van der Waals surface area contributed by atoms with Gasteiger partial charge >= 0.3 is 0 Å². The maximum Gasteiger partial charge on any atom is 0.160 e. The molecule has 0 amide bonds. The Hall–Kier alpha value is -1.41. The molecule has 2 aromatic carbocycles. The average Bonchev–Trinajstić information content (AvgIpc) is 2.42. The highest BCUT2D eigenvalue weighted by Crippen LogP contribution is 2.24. The van der Waals surface area contributed by atoms with Crippen molar-refractivity contribution >= 4 is 10.9 Å². The van der Waals surface area contributed by atoms with E-state index in [-0.39, 0.29) is 10.9 Å². The molecule has 0 fully saturated rings. The van der Waals surface area contributed by atoms with Gasteiger partial charge in [-0.05, 0) is 43.3 Å². The van der Waals surface area contributed by atoms with Crippen LogP contribution in [0, 0.1) is 0 Å². The Bertz CT molecular complexity index is 450. The molecule has 2 rings (SSSR count). The van der Waals surface area contributed by atoms with Crippen LogP contribution in [0.5, 0.6) is 5.75 Å². The monoisotopic (exact) mass is 245 g/mol. The van der Waals surface area contributed by atoms with Crippen molar-refractivity contribution < 1.29 is 4.74 Å². The van der Waals surface area contributed by atoms with E-state index in [1.807, 2.05) is 12.1 Å². The first-order valence-electron chi connectivity index (χ1n) is 5.75. The van der Waals surface area contributed by atoms with Gasteiger partial charge in [-0.15, -0.1) is 0 Å². The fraction of sp³-hybridized carbons (Fsp3) is 0.200. The molecule has 0 saturated carbocycles. The van der Waals surface area contributed by atoms with Crippen LogP contribution in [0.3, 0.4) is 0 Å². The first-order valence-corrected chi connectivity index (χ1v) is 7.14. The summed E-state index contributed by atoms with van der Waals surface area (Å²) in [5, 5.41) is 0. The zero-order valence-corrected chi connectivity index (χ0v) is 11.0. The smallest absolute Gasteiger partial charge is 0.160 e. The van der Waals surface area contributed by atoms with E-state index in [4.69, 9.17) is 4.74 Å². The van der Waals surface area contributed by atoms with Crippen LogP contribution in [-0.2, 0) is 10.9 Å². The highest BCUT2D eigenvalue weighted by molar-refractivity contribution is 7.97. The van der Waals surface area contributed by atoms with Gasteiger partial charge in [0.15, 0.2) is 9.79 Å². The summed E-state index contributed by atoms with van der Waals surface area (Å²) < 4.78 is 5.19. The topological polar surface area (TPSA) is 9.23 Å². The van der Waals surface area contributed by atoms with E-state index in [1.165, 1.54) is 9.79 Å². The Balaban J connectivity index is 2.29. The molecule has 0 heterocycles. The molecule has 0 bridgehead atoms. The third kappa shape index (κ3) is 2.83. The van der Waals surface area contributed by atoms with Gasteiger partial charge in [-0.2, -0.15) is 0 Å². The SMILES string of the molecule is CC[S+](c1ccccc1)c1ccc(OC)cc1. The summed E-state index contributed by atoms with van der Waals surface area (Å²) in [6.45, 7) is 2.24. The predicted molar refractivity (Wildman–Crippen MR) is 73.9 cm³/mol. The Kier molecular flexibility index (Phi) is 4.10. The van der Waals surface area contributed by atoms with E-state index in [0.717, 1.165) is 11.5 Å². The number of hydrogen-bond acceptors (Lipinski definition) is 1. The second-order valence-electron chi connectivity index (χ2n) is 3.67. The quantitative estimate of drug-likeness (QED) is 0.745. The molecule has 17 heavy (non-hydrogen) atoms. The van der Waals surface area contributed by atoms with E-state index in [9.17, 15) is 0 Å². The summed E-state index contributed by atoms with van der Waals surface area (Å²) in [7, 11) is 1.88. The Morgan fingerprint density at radius 1 is 0.882 bits per heavy atom. The van der Waals surface area contributed by atoms with Crippen molar-refractivity contribution in [3.8, 4) is 5.75 Å². The van der Waals surface area contributed by atoms with Gasteiger partial charge in [0, 0.05) is 0 Å². The van der Waals surface area contributed by atoms with Crippen molar-refractivity contribution in [3.63, 3.8) is 0 Å². The average molecular weight is 245 g/mol. The largest absolute Gasteiger partial charge is 0.497 e. The summed E-state index contributed by atoms with van der Waals surface area (Å²) in [5.74, 6) is 2.05. The van der Waals surface area contributed by atoms with E-state index in [0.29, 0.717) is 0 Å². The highest BCUT2D eigenvalue weighted by atomic mass is 32.2. The molecule has 2 aromatic rings. The van der Waals surface area contributed by atoms with Gasteiger partial charge in [0.25, 0.3) is 0 Å². The predicted octanol–water partition coefficient (Wildman–Crippen LogP) is 3.75. The van der Waals surface area contributed by atoms with Crippen molar-refractivity contribution in [2.24, 2.45) is 0 Å². The van der Waals surface area contributed by atoms with Gasteiger partial charge in [0.1, 0.15) is 11.5 Å². The maximum absolute atomic E-state index is 5.19. The molecule has 88 valence electrons. The third-order valence-corrected chi connectivity index (χ3v) is 4.92. The highest BCUT2D eigenvalue weighted by Gasteiger charge is 2.22. The lowest BCUT2D eigenvalue weighted by Crippen LogP contribution is -2.06. The second kappa shape index (κ2) is 5.78. The van der Waals surface area contributed by atoms with Crippen molar-refractivity contribution in [2.45, 2.75) is 16.7 Å². The van der Waals surface area contributed by atoms with Crippen molar-refractivity contribution in [3.05, 3.63) is 54.6 Å². The number of hydrogen-bond donors (Lipinski definition) is 0. The van der Waals surface area contributed by atoms with Crippen molar-refractivity contribution in [1.82, 2.24) is 0 Å². The molecular formula is C15H17OS+. The van der Waals surface area contributed by atoms with Crippen LogP contribution >= 0.6 is 0 Å². The molecule has 2 heteroatoms. The number of benzene rings is 2. The number of rotatable bonds is 4. The molecule has 1 nitrogen and oxygen atoms in total. The van der Waals surface area contributed by atoms with Crippen molar-refractivity contribution in [1.29, 1.82) is 0 Å². The second-order valence-corrected chi connectivity index (χ2v) is 5.97. The molecule has 1 unspecified atom stereocenters. The summed E-state index contributed by atoms with van der Waals surface area (Å²) in [5.41, 5.74) is 0. The van der Waals surface area contributed by atoms with Crippen LogP contribution in [0.4, 0.5) is 0 Å². The molecule has 0 aliphatic heterocycles. The minimum Gasteiger partial charge on any atom is -0.497 e. The molecule has 0 radical (unpaired) electrons. The summed E-state index contributed by atoms with van der Waals surface area (Å²) >= 11 is 0. The van der Waals surface area contributed by atoms with E-state index < -0.39 is 0 Å². The minimum absolute atomic E-state index is 0.176.